The molecule has 1 aliphatic rings. The number of nitrogens with one attached hydrogen (secondary N) is 2. The molecule has 0 radical (unpaired) electrons. The van der Waals surface area contributed by atoms with Crippen LogP contribution in [0.3, 0.4) is 0 Å². The molecule has 2 aromatic carbocycles. The van der Waals surface area contributed by atoms with E-state index in [4.69, 9.17) is 0 Å². The number of aliphatic carboxylic acids is 1. The van der Waals surface area contributed by atoms with E-state index in [1.165, 1.54) is 19.1 Å². The number of carboxylic acid groups (broad SMARTS) is 1. The van der Waals surface area contributed by atoms with Crippen LogP contribution in [0.4, 0.5) is 4.39 Å². The van der Waals surface area contributed by atoms with Crippen molar-refractivity contribution in [2.45, 2.75) is 44.2 Å². The molecule has 2 aromatic rings. The first-order valence-electron chi connectivity index (χ1n) is 13.0. The Balaban J connectivity index is 1.76. The maximum Gasteiger partial charge on any atom is 0.327 e. The standard InChI is InChI=1S/C30H31FN2O7S3/c1-16-23(11-19-5-8-21(9-6-19)43(4)40)22-10-7-20(31)12-25(22)24(16)13-28(36)41-15-27(33-18(3)35)30(39)42-14-26(29(37)38)32-17(2)34/h5-12,26-27H,13-15H2,1-4H3,(H,32,34)(H,33,35)(H,37,38)/b23-11-. The van der Waals surface area contributed by atoms with Crippen LogP contribution in [0.5, 0.6) is 0 Å². The maximum absolute atomic E-state index is 14.3. The van der Waals surface area contributed by atoms with Gasteiger partial charge in [0.25, 0.3) is 0 Å². The van der Waals surface area contributed by atoms with Crippen LogP contribution >= 0.6 is 23.5 Å². The summed E-state index contributed by atoms with van der Waals surface area (Å²) in [6.45, 7) is 4.22. The number of amides is 2. The van der Waals surface area contributed by atoms with E-state index in [2.05, 4.69) is 10.6 Å². The smallest absolute Gasteiger partial charge is 0.327 e. The lowest BCUT2D eigenvalue weighted by molar-refractivity contribution is -0.140. The van der Waals surface area contributed by atoms with Gasteiger partial charge in [0.1, 0.15) is 17.9 Å². The third-order valence-electron chi connectivity index (χ3n) is 6.44. The van der Waals surface area contributed by atoms with Gasteiger partial charge in [-0.1, -0.05) is 41.7 Å². The van der Waals surface area contributed by atoms with Crippen LogP contribution in [0.25, 0.3) is 17.2 Å². The Kier molecular flexibility index (Phi) is 12.0. The topological polar surface area (TPSA) is 147 Å². The SMILES string of the molecule is CC(=O)NC(CSC(=O)C(CSC(=O)CC1=C(C)/C(=C/c2ccc(S(C)=O)cc2)c2ccc(F)cc21)NC(C)=O)C(=O)O. The fourth-order valence-electron chi connectivity index (χ4n) is 4.38. The zero-order valence-corrected chi connectivity index (χ0v) is 26.3. The van der Waals surface area contributed by atoms with E-state index in [1.807, 2.05) is 25.1 Å². The minimum atomic E-state index is -1.31. The van der Waals surface area contributed by atoms with Crippen molar-refractivity contribution in [3.05, 3.63) is 70.5 Å². The summed E-state index contributed by atoms with van der Waals surface area (Å²) in [7, 11) is -1.12. The quantitative estimate of drug-likeness (QED) is 0.313. The van der Waals surface area contributed by atoms with E-state index >= 15 is 0 Å². The first kappa shape index (κ1) is 33.9. The first-order chi connectivity index (χ1) is 20.3. The average Bonchev–Trinajstić information content (AvgIpc) is 3.17. The summed E-state index contributed by atoms with van der Waals surface area (Å²) in [5.74, 6) is -3.19. The Hall–Kier alpha value is -3.55. The molecule has 0 saturated heterocycles. The number of halogens is 1. The van der Waals surface area contributed by atoms with Gasteiger partial charge in [-0.2, -0.15) is 0 Å². The van der Waals surface area contributed by atoms with Crippen LogP contribution in [0.15, 0.2) is 52.9 Å². The number of rotatable bonds is 12. The summed E-state index contributed by atoms with van der Waals surface area (Å²) in [4.78, 5) is 61.0. The fourth-order valence-corrected chi connectivity index (χ4v) is 6.73. The molecule has 0 saturated carbocycles. The largest absolute Gasteiger partial charge is 0.480 e. The van der Waals surface area contributed by atoms with Crippen molar-refractivity contribution in [3.8, 4) is 0 Å². The number of benzene rings is 2. The number of allylic oxidation sites excluding steroid dienone is 3. The van der Waals surface area contributed by atoms with Gasteiger partial charge < -0.3 is 15.7 Å². The van der Waals surface area contributed by atoms with Crippen molar-refractivity contribution in [1.29, 1.82) is 0 Å². The molecule has 0 spiro atoms. The Morgan fingerprint density at radius 1 is 0.930 bits per heavy atom. The van der Waals surface area contributed by atoms with Gasteiger partial charge in [-0.15, -0.1) is 0 Å². The number of thioether (sulfide) groups is 2. The van der Waals surface area contributed by atoms with Crippen molar-refractivity contribution in [2.24, 2.45) is 0 Å². The lowest BCUT2D eigenvalue weighted by Gasteiger charge is -2.17. The number of carboxylic acids is 1. The van der Waals surface area contributed by atoms with E-state index in [-0.39, 0.29) is 23.0 Å². The first-order valence-corrected chi connectivity index (χ1v) is 16.5. The monoisotopic (exact) mass is 646 g/mol. The predicted molar refractivity (Wildman–Crippen MR) is 168 cm³/mol. The van der Waals surface area contributed by atoms with Crippen LogP contribution in [0.2, 0.25) is 0 Å². The molecule has 0 heterocycles. The zero-order valence-electron chi connectivity index (χ0n) is 23.9. The second-order valence-electron chi connectivity index (χ2n) is 9.71. The van der Waals surface area contributed by atoms with E-state index in [0.717, 1.165) is 41.0 Å². The van der Waals surface area contributed by atoms with Crippen molar-refractivity contribution in [1.82, 2.24) is 10.6 Å². The third kappa shape index (κ3) is 9.47. The Morgan fingerprint density at radius 3 is 2.12 bits per heavy atom. The summed E-state index contributed by atoms with van der Waals surface area (Å²) in [5.41, 5.74) is 4.46. The van der Waals surface area contributed by atoms with Gasteiger partial charge in [-0.05, 0) is 70.7 Å². The molecule has 3 rings (SSSR count). The number of hydrogen-bond acceptors (Lipinski definition) is 8. The molecule has 0 aromatic heterocycles. The van der Waals surface area contributed by atoms with Crippen molar-refractivity contribution in [3.63, 3.8) is 0 Å². The molecule has 0 aliphatic heterocycles. The minimum absolute atomic E-state index is 0.0597. The highest BCUT2D eigenvalue weighted by Crippen LogP contribution is 2.44. The lowest BCUT2D eigenvalue weighted by atomic mass is 10.0. The highest BCUT2D eigenvalue weighted by molar-refractivity contribution is 8.15. The summed E-state index contributed by atoms with van der Waals surface area (Å²) in [6, 6.07) is 9.24. The molecule has 13 heteroatoms. The molecule has 3 atom stereocenters. The van der Waals surface area contributed by atoms with Gasteiger partial charge in [0.2, 0.25) is 16.9 Å². The van der Waals surface area contributed by atoms with Gasteiger partial charge in [-0.25, -0.2) is 9.18 Å². The van der Waals surface area contributed by atoms with Gasteiger partial charge in [-0.3, -0.25) is 23.4 Å². The second kappa shape index (κ2) is 15.3. The summed E-state index contributed by atoms with van der Waals surface area (Å²) in [5, 5.41) is 13.1. The van der Waals surface area contributed by atoms with E-state index in [9.17, 15) is 37.7 Å². The molecule has 9 nitrogen and oxygen atoms in total. The third-order valence-corrected chi connectivity index (χ3v) is 9.41. The number of hydrogen-bond donors (Lipinski definition) is 3. The van der Waals surface area contributed by atoms with Crippen molar-refractivity contribution >= 4 is 79.6 Å². The van der Waals surface area contributed by atoms with Gasteiger partial charge in [0, 0.05) is 53.7 Å². The summed E-state index contributed by atoms with van der Waals surface area (Å²) >= 11 is 1.47. The second-order valence-corrected chi connectivity index (χ2v) is 13.2. The molecule has 0 fully saturated rings. The molecule has 3 unspecified atom stereocenters. The molecular formula is C30H31FN2O7S3. The molecule has 2 amide bonds. The highest BCUT2D eigenvalue weighted by Gasteiger charge is 2.28. The van der Waals surface area contributed by atoms with Crippen LogP contribution in [0, 0.1) is 5.82 Å². The van der Waals surface area contributed by atoms with Crippen molar-refractivity contribution in [2.75, 3.05) is 17.8 Å². The molecule has 228 valence electrons. The summed E-state index contributed by atoms with van der Waals surface area (Å²) < 4.78 is 26.0. The summed E-state index contributed by atoms with van der Waals surface area (Å²) in [6.07, 6.45) is 3.46. The van der Waals surface area contributed by atoms with E-state index in [1.54, 1.807) is 24.5 Å². The predicted octanol–water partition coefficient (Wildman–Crippen LogP) is 3.89. The number of carbonyl (C=O) groups excluding carboxylic acids is 4. The Morgan fingerprint density at radius 2 is 1.53 bits per heavy atom. The highest BCUT2D eigenvalue weighted by atomic mass is 32.2. The average molecular weight is 647 g/mol. The molecule has 0 bridgehead atoms. The minimum Gasteiger partial charge on any atom is -0.480 e. The van der Waals surface area contributed by atoms with E-state index < -0.39 is 51.6 Å². The number of fused-ring (bicyclic) bond motifs is 1. The van der Waals surface area contributed by atoms with Gasteiger partial charge in [0.15, 0.2) is 5.12 Å². The molecule has 3 N–H and O–H groups in total. The van der Waals surface area contributed by atoms with Crippen LogP contribution in [-0.4, -0.2) is 67.2 Å². The molecule has 43 heavy (non-hydrogen) atoms. The number of carbonyl (C=O) groups is 5. The van der Waals surface area contributed by atoms with Crippen LogP contribution in [0.1, 0.15) is 43.9 Å². The van der Waals surface area contributed by atoms with Crippen molar-refractivity contribution < 1.29 is 37.7 Å². The lowest BCUT2D eigenvalue weighted by Crippen LogP contribution is -2.44. The fraction of sp³-hybridized carbons (Fsp3) is 0.300. The normalized spacial score (nSPS) is 15.4. The van der Waals surface area contributed by atoms with Crippen LogP contribution < -0.4 is 10.6 Å². The van der Waals surface area contributed by atoms with E-state index in [0.29, 0.717) is 27.8 Å². The Bertz CT molecular complexity index is 1540. The zero-order chi connectivity index (χ0) is 31.8. The maximum atomic E-state index is 14.3. The van der Waals surface area contributed by atoms with Crippen LogP contribution in [-0.2, 0) is 34.8 Å². The van der Waals surface area contributed by atoms with Gasteiger partial charge in [0.05, 0.1) is 0 Å². The van der Waals surface area contributed by atoms with Gasteiger partial charge >= 0.3 is 5.97 Å². The molecule has 1 aliphatic carbocycles. The molecular weight excluding hydrogens is 616 g/mol. The Labute approximate surface area is 259 Å².